The molecule has 0 bridgehead atoms. The van der Waals surface area contributed by atoms with Crippen molar-refractivity contribution in [3.05, 3.63) is 93.4 Å². The van der Waals surface area contributed by atoms with Gasteiger partial charge in [-0.15, -0.1) is 0 Å². The first kappa shape index (κ1) is 23.9. The molecule has 2 aromatic carbocycles. The molecule has 7 nitrogen and oxygen atoms in total. The maximum absolute atomic E-state index is 13.1. The molecule has 3 aromatic rings. The van der Waals surface area contributed by atoms with Gasteiger partial charge < -0.3 is 20.1 Å². The van der Waals surface area contributed by atoms with Crippen LogP contribution in [-0.4, -0.2) is 41.9 Å². The van der Waals surface area contributed by atoms with E-state index in [-0.39, 0.29) is 23.6 Å². The predicted octanol–water partition coefficient (Wildman–Crippen LogP) is 3.46. The molecular formula is C26H30N4O3. The predicted molar refractivity (Wildman–Crippen MR) is 132 cm³/mol. The lowest BCUT2D eigenvalue weighted by Gasteiger charge is -2.16. The Bertz CT molecular complexity index is 1200. The van der Waals surface area contributed by atoms with Crippen LogP contribution in [0.15, 0.2) is 65.6 Å². The summed E-state index contributed by atoms with van der Waals surface area (Å²) in [5.74, 6) is -0.613. The molecule has 0 aliphatic heterocycles. The van der Waals surface area contributed by atoms with Crippen molar-refractivity contribution >= 4 is 23.2 Å². The Morgan fingerprint density at radius 1 is 0.909 bits per heavy atom. The van der Waals surface area contributed by atoms with Crippen LogP contribution in [0.5, 0.6) is 0 Å². The second kappa shape index (κ2) is 10.7. The molecule has 0 aliphatic rings. The highest BCUT2D eigenvalue weighted by atomic mass is 16.2. The topological polar surface area (TPSA) is 83.4 Å². The first-order chi connectivity index (χ1) is 15.8. The van der Waals surface area contributed by atoms with Crippen molar-refractivity contribution in [1.29, 1.82) is 0 Å². The molecule has 0 spiro atoms. The Morgan fingerprint density at radius 2 is 1.58 bits per heavy atom. The highest BCUT2D eigenvalue weighted by Crippen LogP contribution is 2.24. The lowest BCUT2D eigenvalue weighted by Crippen LogP contribution is -2.31. The molecule has 7 heteroatoms. The summed E-state index contributed by atoms with van der Waals surface area (Å²) in [6.07, 6.45) is 2.42. The van der Waals surface area contributed by atoms with Gasteiger partial charge in [-0.2, -0.15) is 0 Å². The zero-order valence-electron chi connectivity index (χ0n) is 19.5. The van der Waals surface area contributed by atoms with Gasteiger partial charge in [0, 0.05) is 24.1 Å². The second-order valence-corrected chi connectivity index (χ2v) is 8.33. The van der Waals surface area contributed by atoms with Crippen LogP contribution < -0.4 is 16.2 Å². The minimum absolute atomic E-state index is 0.118. The Labute approximate surface area is 194 Å². The number of carbonyl (C=O) groups excluding carboxylic acids is 2. The van der Waals surface area contributed by atoms with Gasteiger partial charge in [-0.25, -0.2) is 0 Å². The van der Waals surface area contributed by atoms with Crippen LogP contribution in [0.1, 0.15) is 27.0 Å². The minimum atomic E-state index is -0.466. The lowest BCUT2D eigenvalue weighted by molar-refractivity contribution is -0.116. The number of hydrogen-bond acceptors (Lipinski definition) is 4. The van der Waals surface area contributed by atoms with Crippen molar-refractivity contribution in [3.63, 3.8) is 0 Å². The molecule has 0 fully saturated rings. The Kier molecular flexibility index (Phi) is 7.79. The lowest BCUT2D eigenvalue weighted by atomic mass is 10.1. The number of amides is 2. The van der Waals surface area contributed by atoms with E-state index in [2.05, 4.69) is 10.6 Å². The fourth-order valence-corrected chi connectivity index (χ4v) is 3.58. The fourth-order valence-electron chi connectivity index (χ4n) is 3.58. The summed E-state index contributed by atoms with van der Waals surface area (Å²) in [5.41, 5.74) is 3.41. The zero-order valence-corrected chi connectivity index (χ0v) is 19.5. The number of carbonyl (C=O) groups is 2. The van der Waals surface area contributed by atoms with Gasteiger partial charge in [0.05, 0.1) is 6.54 Å². The highest BCUT2D eigenvalue weighted by molar-refractivity contribution is 6.06. The molecule has 172 valence electrons. The maximum atomic E-state index is 13.1. The van der Waals surface area contributed by atoms with Crippen molar-refractivity contribution < 1.29 is 9.59 Å². The van der Waals surface area contributed by atoms with Crippen LogP contribution in [0.25, 0.3) is 0 Å². The van der Waals surface area contributed by atoms with E-state index in [1.54, 1.807) is 46.9 Å². The Balaban J connectivity index is 1.79. The van der Waals surface area contributed by atoms with Crippen molar-refractivity contribution in [2.45, 2.75) is 26.8 Å². The summed E-state index contributed by atoms with van der Waals surface area (Å²) < 4.78 is 1.57. The number of pyridine rings is 1. The summed E-state index contributed by atoms with van der Waals surface area (Å²) in [7, 11) is 3.63. The van der Waals surface area contributed by atoms with Crippen LogP contribution in [0.4, 0.5) is 11.4 Å². The molecular weight excluding hydrogens is 416 g/mol. The number of nitrogens with zero attached hydrogens (tertiary/aromatic N) is 2. The van der Waals surface area contributed by atoms with Gasteiger partial charge in [0.1, 0.15) is 5.56 Å². The van der Waals surface area contributed by atoms with E-state index in [1.807, 2.05) is 51.4 Å². The maximum Gasteiger partial charge on any atom is 0.263 e. The molecule has 2 amide bonds. The zero-order chi connectivity index (χ0) is 24.0. The largest absolute Gasteiger partial charge is 0.325 e. The van der Waals surface area contributed by atoms with Crippen molar-refractivity contribution in [1.82, 2.24) is 9.47 Å². The molecule has 1 heterocycles. The summed E-state index contributed by atoms with van der Waals surface area (Å²) >= 11 is 0. The number of benzene rings is 2. The number of hydrogen-bond donors (Lipinski definition) is 2. The summed E-state index contributed by atoms with van der Waals surface area (Å²) in [4.78, 5) is 40.1. The van der Waals surface area contributed by atoms with Gasteiger partial charge in [-0.3, -0.25) is 14.4 Å². The van der Waals surface area contributed by atoms with Gasteiger partial charge in [0.15, 0.2) is 0 Å². The first-order valence-electron chi connectivity index (χ1n) is 10.9. The molecule has 0 aliphatic carbocycles. The van der Waals surface area contributed by atoms with Gasteiger partial charge in [0.2, 0.25) is 5.91 Å². The van der Waals surface area contributed by atoms with Gasteiger partial charge in [0.25, 0.3) is 11.5 Å². The number of rotatable bonds is 8. The van der Waals surface area contributed by atoms with Crippen molar-refractivity contribution in [2.75, 3.05) is 31.3 Å². The number of aromatic nitrogens is 1. The quantitative estimate of drug-likeness (QED) is 0.555. The highest BCUT2D eigenvalue weighted by Gasteiger charge is 2.18. The average Bonchev–Trinajstić information content (AvgIpc) is 2.76. The molecule has 2 N–H and O–H groups in total. The molecule has 0 saturated heterocycles. The van der Waals surface area contributed by atoms with Crippen LogP contribution in [0, 0.1) is 13.8 Å². The van der Waals surface area contributed by atoms with Crippen LogP contribution in [-0.2, 0) is 17.8 Å². The molecule has 0 unspecified atom stereocenters. The number of aryl methyl sites for hydroxylation is 3. The van der Waals surface area contributed by atoms with E-state index in [0.717, 1.165) is 11.1 Å². The van der Waals surface area contributed by atoms with E-state index < -0.39 is 5.91 Å². The van der Waals surface area contributed by atoms with Gasteiger partial charge >= 0.3 is 0 Å². The third kappa shape index (κ3) is 6.17. The molecule has 33 heavy (non-hydrogen) atoms. The average molecular weight is 447 g/mol. The van der Waals surface area contributed by atoms with Crippen LogP contribution >= 0.6 is 0 Å². The number of anilines is 2. The third-order valence-electron chi connectivity index (χ3n) is 5.40. The normalized spacial score (nSPS) is 10.8. The summed E-state index contributed by atoms with van der Waals surface area (Å²) in [6, 6.07) is 17.0. The van der Waals surface area contributed by atoms with Gasteiger partial charge in [-0.1, -0.05) is 36.4 Å². The molecule has 0 saturated carbocycles. The Morgan fingerprint density at radius 3 is 2.24 bits per heavy atom. The van der Waals surface area contributed by atoms with E-state index in [1.165, 1.54) is 0 Å². The Hall–Kier alpha value is -3.71. The monoisotopic (exact) mass is 446 g/mol. The van der Waals surface area contributed by atoms with Crippen LogP contribution in [0.3, 0.4) is 0 Å². The first-order valence-corrected chi connectivity index (χ1v) is 10.9. The minimum Gasteiger partial charge on any atom is -0.325 e. The van der Waals surface area contributed by atoms with E-state index in [9.17, 15) is 14.4 Å². The molecule has 0 atom stereocenters. The van der Waals surface area contributed by atoms with E-state index >= 15 is 0 Å². The molecule has 3 rings (SSSR count). The standard InChI is InChI=1S/C26H30N4O3/c1-18-13-15-30(16-14-20-9-6-5-7-10-20)26(33)24(18)25(32)28-22-12-8-11-21(19(22)2)27-23(31)17-29(3)4/h5-13,15H,14,16-17H2,1-4H3,(H,27,31)(H,28,32). The van der Waals surface area contributed by atoms with Crippen LogP contribution in [0.2, 0.25) is 0 Å². The second-order valence-electron chi connectivity index (χ2n) is 8.33. The van der Waals surface area contributed by atoms with Gasteiger partial charge in [-0.05, 0) is 69.3 Å². The van der Waals surface area contributed by atoms with E-state index in [0.29, 0.717) is 29.9 Å². The number of nitrogens with one attached hydrogen (secondary N) is 2. The SMILES string of the molecule is Cc1ccn(CCc2ccccc2)c(=O)c1C(=O)Nc1cccc(NC(=O)CN(C)C)c1C. The number of likely N-dealkylation sites (N-methyl/N-ethyl adjacent to an activating group) is 1. The van der Waals surface area contributed by atoms with Crippen molar-refractivity contribution in [3.8, 4) is 0 Å². The summed E-state index contributed by atoms with van der Waals surface area (Å²) in [5, 5.41) is 5.71. The summed E-state index contributed by atoms with van der Waals surface area (Å²) in [6.45, 7) is 4.30. The third-order valence-corrected chi connectivity index (χ3v) is 5.40. The fraction of sp³-hybridized carbons (Fsp3) is 0.269. The molecule has 0 radical (unpaired) electrons. The molecule has 1 aromatic heterocycles. The van der Waals surface area contributed by atoms with E-state index in [4.69, 9.17) is 0 Å². The smallest absolute Gasteiger partial charge is 0.263 e. The van der Waals surface area contributed by atoms with Crippen molar-refractivity contribution in [2.24, 2.45) is 0 Å².